The highest BCUT2D eigenvalue weighted by atomic mass is 32.2. The topological polar surface area (TPSA) is 66.5 Å². The number of aryl methyl sites for hydroxylation is 2. The number of rotatable bonds is 6. The van der Waals surface area contributed by atoms with Crippen molar-refractivity contribution in [3.05, 3.63) is 29.3 Å². The van der Waals surface area contributed by atoms with Gasteiger partial charge in [-0.25, -0.2) is 13.1 Å². The van der Waals surface area contributed by atoms with E-state index in [0.29, 0.717) is 17.5 Å². The number of carbonyl (C=O) groups excluding carboxylic acids is 1. The molecule has 1 aromatic rings. The summed E-state index contributed by atoms with van der Waals surface area (Å²) >= 11 is 0. The van der Waals surface area contributed by atoms with Crippen LogP contribution >= 0.6 is 0 Å². The van der Waals surface area contributed by atoms with E-state index in [1.165, 1.54) is 6.92 Å². The number of nitrogens with one attached hydrogen (secondary N) is 1. The predicted molar refractivity (Wildman–Crippen MR) is 81.5 cm³/mol. The third kappa shape index (κ3) is 4.04. The molecule has 0 radical (unpaired) electrons. The normalized spacial score (nSPS) is 15.0. The van der Waals surface area contributed by atoms with Gasteiger partial charge in [-0.05, 0) is 43.9 Å². The average Bonchev–Trinajstić information content (AvgIpc) is 3.21. The summed E-state index contributed by atoms with van der Waals surface area (Å²) < 4.78 is 27.2. The highest BCUT2D eigenvalue weighted by molar-refractivity contribution is 7.89. The first-order chi connectivity index (χ1) is 9.81. The molecule has 2 rings (SSSR count). The van der Waals surface area contributed by atoms with Crippen LogP contribution in [0.1, 0.15) is 30.9 Å². The van der Waals surface area contributed by atoms with E-state index in [9.17, 15) is 13.2 Å². The summed E-state index contributed by atoms with van der Waals surface area (Å²) in [5.41, 5.74) is 1.63. The van der Waals surface area contributed by atoms with Crippen molar-refractivity contribution in [2.45, 2.75) is 44.6 Å². The van der Waals surface area contributed by atoms with E-state index in [1.807, 2.05) is 13.0 Å². The first kappa shape index (κ1) is 16.0. The van der Waals surface area contributed by atoms with E-state index in [1.54, 1.807) is 24.0 Å². The Morgan fingerprint density at radius 2 is 2.00 bits per heavy atom. The Morgan fingerprint density at radius 3 is 2.57 bits per heavy atom. The van der Waals surface area contributed by atoms with Gasteiger partial charge in [-0.1, -0.05) is 12.1 Å². The number of sulfonamides is 1. The van der Waals surface area contributed by atoms with Crippen LogP contribution in [-0.2, 0) is 14.8 Å². The summed E-state index contributed by atoms with van der Waals surface area (Å²) in [5.74, 6) is 0.00318. The van der Waals surface area contributed by atoms with E-state index in [2.05, 4.69) is 4.72 Å². The average molecular weight is 310 g/mol. The lowest BCUT2D eigenvalue weighted by Gasteiger charge is -2.20. The number of nitrogens with zero attached hydrogens (tertiary/aromatic N) is 1. The van der Waals surface area contributed by atoms with Gasteiger partial charge in [0.2, 0.25) is 15.9 Å². The van der Waals surface area contributed by atoms with Gasteiger partial charge in [0.15, 0.2) is 0 Å². The maximum Gasteiger partial charge on any atom is 0.240 e. The Balaban J connectivity index is 2.01. The van der Waals surface area contributed by atoms with Crippen molar-refractivity contribution in [3.8, 4) is 0 Å². The van der Waals surface area contributed by atoms with Gasteiger partial charge in [0.05, 0.1) is 4.90 Å². The van der Waals surface area contributed by atoms with Crippen LogP contribution in [0.3, 0.4) is 0 Å². The summed E-state index contributed by atoms with van der Waals surface area (Å²) in [4.78, 5) is 13.5. The van der Waals surface area contributed by atoms with Crippen LogP contribution in [0.25, 0.3) is 0 Å². The molecule has 1 N–H and O–H groups in total. The third-order valence-electron chi connectivity index (χ3n) is 3.67. The van der Waals surface area contributed by atoms with E-state index in [0.717, 1.165) is 24.0 Å². The minimum Gasteiger partial charge on any atom is -0.339 e. The van der Waals surface area contributed by atoms with Crippen LogP contribution in [0.5, 0.6) is 0 Å². The number of carbonyl (C=O) groups is 1. The monoisotopic (exact) mass is 310 g/mol. The van der Waals surface area contributed by atoms with Crippen LogP contribution in [0, 0.1) is 13.8 Å². The predicted octanol–water partition coefficient (Wildman–Crippen LogP) is 1.59. The van der Waals surface area contributed by atoms with Gasteiger partial charge in [0, 0.05) is 26.1 Å². The number of hydrogen-bond donors (Lipinski definition) is 1. The lowest BCUT2D eigenvalue weighted by Crippen LogP contribution is -2.38. The van der Waals surface area contributed by atoms with E-state index in [4.69, 9.17) is 0 Å². The van der Waals surface area contributed by atoms with Gasteiger partial charge in [-0.2, -0.15) is 0 Å². The zero-order chi connectivity index (χ0) is 15.6. The van der Waals surface area contributed by atoms with Gasteiger partial charge < -0.3 is 4.90 Å². The number of hydrogen-bond acceptors (Lipinski definition) is 3. The molecule has 1 saturated carbocycles. The maximum absolute atomic E-state index is 12.3. The molecule has 1 fully saturated rings. The smallest absolute Gasteiger partial charge is 0.240 e. The molecule has 1 aromatic carbocycles. The van der Waals surface area contributed by atoms with E-state index in [-0.39, 0.29) is 12.5 Å². The Hall–Kier alpha value is -1.40. The Bertz CT molecular complexity index is 636. The summed E-state index contributed by atoms with van der Waals surface area (Å²) in [6.45, 7) is 5.83. The Kier molecular flexibility index (Phi) is 4.68. The first-order valence-corrected chi connectivity index (χ1v) is 8.63. The summed E-state index contributed by atoms with van der Waals surface area (Å²) in [6, 6.07) is 5.66. The molecule has 0 unspecified atom stereocenters. The van der Waals surface area contributed by atoms with Crippen molar-refractivity contribution in [2.24, 2.45) is 0 Å². The molecule has 0 saturated heterocycles. The van der Waals surface area contributed by atoms with Crippen LogP contribution in [-0.4, -0.2) is 38.4 Å². The Morgan fingerprint density at radius 1 is 1.33 bits per heavy atom. The summed E-state index contributed by atoms with van der Waals surface area (Å²) in [7, 11) is -3.53. The highest BCUT2D eigenvalue weighted by Gasteiger charge is 2.30. The lowest BCUT2D eigenvalue weighted by atomic mass is 10.2. The molecular weight excluding hydrogens is 288 g/mol. The second-order valence-electron chi connectivity index (χ2n) is 5.61. The molecule has 0 heterocycles. The second-order valence-corrected chi connectivity index (χ2v) is 7.35. The molecule has 1 aliphatic rings. The lowest BCUT2D eigenvalue weighted by molar-refractivity contribution is -0.129. The van der Waals surface area contributed by atoms with Crippen molar-refractivity contribution >= 4 is 15.9 Å². The molecule has 21 heavy (non-hydrogen) atoms. The minimum absolute atomic E-state index is 0.00318. The van der Waals surface area contributed by atoms with Crippen LogP contribution < -0.4 is 4.72 Å². The Labute approximate surface area is 126 Å². The molecule has 0 aromatic heterocycles. The third-order valence-corrected chi connectivity index (χ3v) is 5.27. The fraction of sp³-hybridized carbons (Fsp3) is 0.533. The molecular formula is C15H22N2O3S. The van der Waals surface area contributed by atoms with Crippen molar-refractivity contribution < 1.29 is 13.2 Å². The molecule has 1 aliphatic carbocycles. The molecule has 6 heteroatoms. The minimum atomic E-state index is -3.53. The van der Waals surface area contributed by atoms with Crippen LogP contribution in [0.4, 0.5) is 0 Å². The second kappa shape index (κ2) is 6.15. The largest absolute Gasteiger partial charge is 0.339 e. The summed E-state index contributed by atoms with van der Waals surface area (Å²) in [6.07, 6.45) is 2.03. The highest BCUT2D eigenvalue weighted by Crippen LogP contribution is 2.26. The zero-order valence-corrected chi connectivity index (χ0v) is 13.5. The van der Waals surface area contributed by atoms with Gasteiger partial charge >= 0.3 is 0 Å². The van der Waals surface area contributed by atoms with E-state index >= 15 is 0 Å². The fourth-order valence-electron chi connectivity index (χ4n) is 2.36. The first-order valence-electron chi connectivity index (χ1n) is 7.15. The van der Waals surface area contributed by atoms with Gasteiger partial charge in [0.25, 0.3) is 0 Å². The van der Waals surface area contributed by atoms with Gasteiger partial charge in [0.1, 0.15) is 0 Å². The van der Waals surface area contributed by atoms with Crippen LogP contribution in [0.15, 0.2) is 23.1 Å². The van der Waals surface area contributed by atoms with Gasteiger partial charge in [-0.3, -0.25) is 4.79 Å². The van der Waals surface area contributed by atoms with Crippen LogP contribution in [0.2, 0.25) is 0 Å². The van der Waals surface area contributed by atoms with Crippen molar-refractivity contribution in [1.29, 1.82) is 0 Å². The standard InChI is InChI=1S/C15H22N2O3S/c1-11-4-5-12(2)15(10-11)21(19,20)16-8-9-17(13(3)18)14-6-7-14/h4-5,10,14,16H,6-9H2,1-3H3. The van der Waals surface area contributed by atoms with Crippen molar-refractivity contribution in [1.82, 2.24) is 9.62 Å². The molecule has 0 bridgehead atoms. The molecule has 0 atom stereocenters. The fourth-order valence-corrected chi connectivity index (χ4v) is 3.71. The quantitative estimate of drug-likeness (QED) is 0.868. The zero-order valence-electron chi connectivity index (χ0n) is 12.7. The number of benzene rings is 1. The molecule has 0 aliphatic heterocycles. The number of amides is 1. The summed E-state index contributed by atoms with van der Waals surface area (Å²) in [5, 5.41) is 0. The molecule has 0 spiro atoms. The SMILES string of the molecule is CC(=O)N(CCNS(=O)(=O)c1cc(C)ccc1C)C1CC1. The van der Waals surface area contributed by atoms with Gasteiger partial charge in [-0.15, -0.1) is 0 Å². The molecule has 5 nitrogen and oxygen atoms in total. The van der Waals surface area contributed by atoms with E-state index < -0.39 is 10.0 Å². The van der Waals surface area contributed by atoms with Crippen molar-refractivity contribution in [2.75, 3.05) is 13.1 Å². The molecule has 1 amide bonds. The molecule has 116 valence electrons. The van der Waals surface area contributed by atoms with Crippen molar-refractivity contribution in [3.63, 3.8) is 0 Å². The maximum atomic E-state index is 12.3.